The maximum atomic E-state index is 13.1. The maximum Gasteiger partial charge on any atom is 0.158 e. The summed E-state index contributed by atoms with van der Waals surface area (Å²) < 4.78 is 42.7. The van der Waals surface area contributed by atoms with Gasteiger partial charge < -0.3 is 4.74 Å². The molecule has 0 atom stereocenters. The molecule has 2 aromatic carbocycles. The summed E-state index contributed by atoms with van der Waals surface area (Å²) in [5, 5.41) is 0.437. The highest BCUT2D eigenvalue weighted by atomic mass is 35.5. The number of sulfone groups is 1. The second-order valence-electron chi connectivity index (χ2n) is 4.62. The van der Waals surface area contributed by atoms with E-state index < -0.39 is 15.7 Å². The molecule has 6 heteroatoms. The van der Waals surface area contributed by atoms with E-state index in [-0.39, 0.29) is 11.5 Å². The van der Waals surface area contributed by atoms with Crippen LogP contribution in [0.15, 0.2) is 42.5 Å². The molecule has 2 aromatic rings. The van der Waals surface area contributed by atoms with Crippen LogP contribution in [0.2, 0.25) is 5.02 Å². The van der Waals surface area contributed by atoms with E-state index in [1.54, 1.807) is 24.3 Å². The molecule has 0 bridgehead atoms. The van der Waals surface area contributed by atoms with Gasteiger partial charge in [-0.3, -0.25) is 0 Å². The van der Waals surface area contributed by atoms with E-state index in [0.29, 0.717) is 21.9 Å². The van der Waals surface area contributed by atoms with Gasteiger partial charge in [0.05, 0.1) is 18.6 Å². The third-order valence-corrected chi connectivity index (χ3v) is 4.65. The monoisotopic (exact) mass is 328 g/mol. The Bertz CT molecular complexity index is 744. The molecule has 0 amide bonds. The number of methoxy groups -OCH3 is 1. The SMILES string of the molecule is COc1ccc(Cl)cc1CS(=O)(=O)Cc1cccc(F)c1. The molecule has 0 aromatic heterocycles. The molecular weight excluding hydrogens is 315 g/mol. The summed E-state index contributed by atoms with van der Waals surface area (Å²) in [5.41, 5.74) is 0.900. The second kappa shape index (κ2) is 6.45. The molecule has 2 rings (SSSR count). The molecule has 0 saturated carbocycles. The van der Waals surface area contributed by atoms with Crippen LogP contribution in [-0.4, -0.2) is 15.5 Å². The van der Waals surface area contributed by atoms with Gasteiger partial charge in [0.1, 0.15) is 11.6 Å². The largest absolute Gasteiger partial charge is 0.496 e. The van der Waals surface area contributed by atoms with Gasteiger partial charge >= 0.3 is 0 Å². The minimum absolute atomic E-state index is 0.215. The van der Waals surface area contributed by atoms with Crippen molar-refractivity contribution in [2.24, 2.45) is 0 Å². The molecule has 0 aliphatic carbocycles. The van der Waals surface area contributed by atoms with Crippen LogP contribution in [0, 0.1) is 5.82 Å². The summed E-state index contributed by atoms with van der Waals surface area (Å²) in [4.78, 5) is 0. The molecule has 0 saturated heterocycles. The fourth-order valence-electron chi connectivity index (χ4n) is 2.03. The standard InChI is InChI=1S/C15H14ClFO3S/c1-20-15-6-5-13(16)8-12(15)10-21(18,19)9-11-3-2-4-14(17)7-11/h2-8H,9-10H2,1H3. The summed E-state index contributed by atoms with van der Waals surface area (Å²) in [6, 6.07) is 10.4. The molecule has 21 heavy (non-hydrogen) atoms. The van der Waals surface area contributed by atoms with Crippen molar-refractivity contribution in [2.45, 2.75) is 11.5 Å². The van der Waals surface area contributed by atoms with Crippen LogP contribution in [0.5, 0.6) is 5.75 Å². The van der Waals surface area contributed by atoms with Gasteiger partial charge in [-0.1, -0.05) is 23.7 Å². The molecule has 0 spiro atoms. The van der Waals surface area contributed by atoms with E-state index in [4.69, 9.17) is 16.3 Å². The van der Waals surface area contributed by atoms with Crippen molar-refractivity contribution in [1.29, 1.82) is 0 Å². The number of rotatable bonds is 5. The smallest absolute Gasteiger partial charge is 0.158 e. The summed E-state index contributed by atoms with van der Waals surface area (Å²) in [6.45, 7) is 0. The first-order valence-corrected chi connectivity index (χ1v) is 8.37. The average Bonchev–Trinajstić information content (AvgIpc) is 2.37. The van der Waals surface area contributed by atoms with Crippen LogP contribution in [0.4, 0.5) is 4.39 Å². The summed E-state index contributed by atoms with van der Waals surface area (Å²) >= 11 is 5.88. The van der Waals surface area contributed by atoms with Crippen molar-refractivity contribution in [3.63, 3.8) is 0 Å². The average molecular weight is 329 g/mol. The van der Waals surface area contributed by atoms with Gasteiger partial charge in [-0.15, -0.1) is 0 Å². The van der Waals surface area contributed by atoms with Crippen LogP contribution in [-0.2, 0) is 21.3 Å². The zero-order valence-corrected chi connectivity index (χ0v) is 12.9. The second-order valence-corrected chi connectivity index (χ2v) is 7.12. The topological polar surface area (TPSA) is 43.4 Å². The Morgan fingerprint density at radius 1 is 1.14 bits per heavy atom. The van der Waals surface area contributed by atoms with Gasteiger partial charge in [0, 0.05) is 10.6 Å². The van der Waals surface area contributed by atoms with E-state index in [1.807, 2.05) is 0 Å². The van der Waals surface area contributed by atoms with Crippen molar-refractivity contribution < 1.29 is 17.5 Å². The molecule has 0 heterocycles. The van der Waals surface area contributed by atoms with Gasteiger partial charge in [-0.25, -0.2) is 12.8 Å². The molecular formula is C15H14ClFO3S. The molecule has 0 aliphatic heterocycles. The van der Waals surface area contributed by atoms with E-state index in [1.165, 1.54) is 25.3 Å². The molecule has 112 valence electrons. The molecule has 0 unspecified atom stereocenters. The minimum atomic E-state index is -3.46. The Kier molecular flexibility index (Phi) is 4.85. The Hall–Kier alpha value is -1.59. The predicted molar refractivity (Wildman–Crippen MR) is 80.7 cm³/mol. The Labute approximate surface area is 128 Å². The van der Waals surface area contributed by atoms with E-state index >= 15 is 0 Å². The van der Waals surface area contributed by atoms with Crippen molar-refractivity contribution in [1.82, 2.24) is 0 Å². The Morgan fingerprint density at radius 3 is 2.57 bits per heavy atom. The third-order valence-electron chi connectivity index (χ3n) is 2.89. The van der Waals surface area contributed by atoms with E-state index in [0.717, 1.165) is 0 Å². The number of halogens is 2. The van der Waals surface area contributed by atoms with Crippen molar-refractivity contribution in [3.05, 3.63) is 64.4 Å². The fraction of sp³-hybridized carbons (Fsp3) is 0.200. The van der Waals surface area contributed by atoms with Crippen LogP contribution < -0.4 is 4.74 Å². The van der Waals surface area contributed by atoms with Crippen molar-refractivity contribution >= 4 is 21.4 Å². The normalized spacial score (nSPS) is 11.4. The molecule has 0 aliphatic rings. The highest BCUT2D eigenvalue weighted by molar-refractivity contribution is 7.89. The molecule has 0 fully saturated rings. The van der Waals surface area contributed by atoms with Crippen LogP contribution in [0.3, 0.4) is 0 Å². The Balaban J connectivity index is 2.23. The predicted octanol–water partition coefficient (Wildman–Crippen LogP) is 3.60. The molecule has 0 radical (unpaired) electrons. The lowest BCUT2D eigenvalue weighted by atomic mass is 10.2. The van der Waals surface area contributed by atoms with Crippen molar-refractivity contribution in [3.8, 4) is 5.75 Å². The lowest BCUT2D eigenvalue weighted by molar-refractivity contribution is 0.411. The lowest BCUT2D eigenvalue weighted by Gasteiger charge is -2.10. The first kappa shape index (κ1) is 15.8. The third kappa shape index (κ3) is 4.44. The van der Waals surface area contributed by atoms with Gasteiger partial charge in [0.25, 0.3) is 0 Å². The maximum absolute atomic E-state index is 13.1. The van der Waals surface area contributed by atoms with Crippen LogP contribution >= 0.6 is 11.6 Å². The Morgan fingerprint density at radius 2 is 1.90 bits per heavy atom. The summed E-state index contributed by atoms with van der Waals surface area (Å²) in [5.74, 6) is -0.446. The zero-order valence-electron chi connectivity index (χ0n) is 11.3. The quantitative estimate of drug-likeness (QED) is 0.842. The highest BCUT2D eigenvalue weighted by Gasteiger charge is 2.17. The first-order chi connectivity index (χ1) is 9.89. The van der Waals surface area contributed by atoms with E-state index in [2.05, 4.69) is 0 Å². The number of hydrogen-bond acceptors (Lipinski definition) is 3. The fourth-order valence-corrected chi connectivity index (χ4v) is 3.71. The molecule has 0 N–H and O–H groups in total. The van der Waals surface area contributed by atoms with E-state index in [9.17, 15) is 12.8 Å². The highest BCUT2D eigenvalue weighted by Crippen LogP contribution is 2.25. The first-order valence-electron chi connectivity index (χ1n) is 6.17. The van der Waals surface area contributed by atoms with Gasteiger partial charge in [0.2, 0.25) is 0 Å². The number of hydrogen-bond donors (Lipinski definition) is 0. The number of benzene rings is 2. The van der Waals surface area contributed by atoms with Gasteiger partial charge in [-0.05, 0) is 35.9 Å². The summed E-state index contributed by atoms with van der Waals surface area (Å²) in [7, 11) is -1.99. The zero-order chi connectivity index (χ0) is 15.5. The van der Waals surface area contributed by atoms with Crippen LogP contribution in [0.1, 0.15) is 11.1 Å². The van der Waals surface area contributed by atoms with Gasteiger partial charge in [-0.2, -0.15) is 0 Å². The van der Waals surface area contributed by atoms with Gasteiger partial charge in [0.15, 0.2) is 9.84 Å². The van der Waals surface area contributed by atoms with Crippen molar-refractivity contribution in [2.75, 3.05) is 7.11 Å². The number of ether oxygens (including phenoxy) is 1. The lowest BCUT2D eigenvalue weighted by Crippen LogP contribution is -2.09. The molecule has 3 nitrogen and oxygen atoms in total. The summed E-state index contributed by atoms with van der Waals surface area (Å²) in [6.07, 6.45) is 0. The van der Waals surface area contributed by atoms with Crippen LogP contribution in [0.25, 0.3) is 0 Å². The minimum Gasteiger partial charge on any atom is -0.496 e.